The number of anilines is 2. The van der Waals surface area contributed by atoms with E-state index in [4.69, 9.17) is 9.72 Å². The number of para-hydroxylation sites is 1. The number of carbonyl (C=O) groups excluding carboxylic acids is 3. The van der Waals surface area contributed by atoms with Crippen LogP contribution in [-0.4, -0.2) is 125 Å². The number of ether oxygens (including phenoxy) is 1. The van der Waals surface area contributed by atoms with Crippen LogP contribution in [0.25, 0.3) is 16.7 Å². The Bertz CT molecular complexity index is 2760. The third kappa shape index (κ3) is 7.08. The molecule has 4 bridgehead atoms. The van der Waals surface area contributed by atoms with E-state index < -0.39 is 30.0 Å². The van der Waals surface area contributed by atoms with Gasteiger partial charge in [-0.05, 0) is 69.1 Å². The number of halogens is 2. The number of nitrogens with zero attached hydrogens (tertiary/aromatic N) is 10. The Balaban J connectivity index is 0.690. The monoisotopic (exact) mass is 862 g/mol. The molecule has 3 amide bonds. The van der Waals surface area contributed by atoms with E-state index in [0.29, 0.717) is 53.4 Å². The zero-order valence-electron chi connectivity index (χ0n) is 34.8. The first-order valence-electron chi connectivity index (χ1n) is 22.0. The highest BCUT2D eigenvalue weighted by molar-refractivity contribution is 6.08. The summed E-state index contributed by atoms with van der Waals surface area (Å²) in [5.74, 6) is 6.51. The minimum atomic E-state index is -2.86. The molecule has 0 radical (unpaired) electrons. The second-order valence-corrected chi connectivity index (χ2v) is 18.0. The summed E-state index contributed by atoms with van der Waals surface area (Å²) < 4.78 is 40.5. The summed E-state index contributed by atoms with van der Waals surface area (Å²) in [7, 11) is 1.68. The summed E-state index contributed by atoms with van der Waals surface area (Å²) in [6, 6.07) is 7.78. The van der Waals surface area contributed by atoms with E-state index in [1.54, 1.807) is 24.1 Å². The molecule has 0 spiro atoms. The van der Waals surface area contributed by atoms with Crippen LogP contribution in [0.1, 0.15) is 91.5 Å². The van der Waals surface area contributed by atoms with Crippen molar-refractivity contribution in [1.82, 2.24) is 48.6 Å². The Labute approximate surface area is 360 Å². The molecule has 19 heteroatoms. The Morgan fingerprint density at radius 3 is 2.59 bits per heavy atom. The average molecular weight is 863 g/mol. The fourth-order valence-electron chi connectivity index (χ4n) is 11.0. The summed E-state index contributed by atoms with van der Waals surface area (Å²) in [6.07, 6.45) is 8.14. The first kappa shape index (κ1) is 39.8. The van der Waals surface area contributed by atoms with E-state index >= 15 is 0 Å². The van der Waals surface area contributed by atoms with E-state index in [9.17, 15) is 28.0 Å². The fourth-order valence-corrected chi connectivity index (χ4v) is 11.0. The number of hydrogen-bond acceptors (Lipinski definition) is 11. The number of nitrogens with one attached hydrogen (secondary N) is 2. The van der Waals surface area contributed by atoms with Crippen molar-refractivity contribution < 1.29 is 27.9 Å². The molecule has 328 valence electrons. The maximum Gasteiger partial charge on any atom is 0.329 e. The Morgan fingerprint density at radius 2 is 1.84 bits per heavy atom. The van der Waals surface area contributed by atoms with E-state index in [0.717, 1.165) is 70.5 Å². The van der Waals surface area contributed by atoms with Crippen molar-refractivity contribution in [3.8, 4) is 11.8 Å². The number of amides is 3. The molecule has 7 aliphatic rings. The van der Waals surface area contributed by atoms with Gasteiger partial charge in [0.15, 0.2) is 11.3 Å². The molecular weight excluding hydrogens is 815 g/mol. The smallest absolute Gasteiger partial charge is 0.329 e. The molecular formula is C44H48F2N12O5. The van der Waals surface area contributed by atoms with Gasteiger partial charge in [0.25, 0.3) is 12.3 Å². The molecule has 3 unspecified atom stereocenters. The largest absolute Gasteiger partial charge is 0.374 e. The van der Waals surface area contributed by atoms with Gasteiger partial charge in [0.05, 0.1) is 59.8 Å². The second kappa shape index (κ2) is 15.7. The second-order valence-electron chi connectivity index (χ2n) is 18.0. The minimum Gasteiger partial charge on any atom is -0.374 e. The summed E-state index contributed by atoms with van der Waals surface area (Å²) in [5, 5.41) is 13.7. The summed E-state index contributed by atoms with van der Waals surface area (Å²) in [4.78, 5) is 63.2. The normalized spacial score (nSPS) is 27.2. The lowest BCUT2D eigenvalue weighted by molar-refractivity contribution is -0.135. The molecule has 2 N–H and O–H groups in total. The number of carbonyl (C=O) groups is 3. The number of piperidine rings is 2. The first-order valence-corrected chi connectivity index (χ1v) is 22.0. The topological polar surface area (TPSA) is 169 Å². The number of fused-ring (bicyclic) bond motifs is 6. The molecule has 5 aromatic rings. The van der Waals surface area contributed by atoms with E-state index in [1.165, 1.54) is 19.8 Å². The quantitative estimate of drug-likeness (QED) is 0.165. The van der Waals surface area contributed by atoms with Gasteiger partial charge in [-0.15, -0.1) is 0 Å². The van der Waals surface area contributed by atoms with Gasteiger partial charge < -0.3 is 15.0 Å². The van der Waals surface area contributed by atoms with Crippen molar-refractivity contribution in [3.05, 3.63) is 70.2 Å². The van der Waals surface area contributed by atoms with Crippen molar-refractivity contribution in [2.45, 2.75) is 94.1 Å². The predicted molar refractivity (Wildman–Crippen MR) is 225 cm³/mol. The highest BCUT2D eigenvalue weighted by Gasteiger charge is 2.45. The van der Waals surface area contributed by atoms with Gasteiger partial charge in [-0.25, -0.2) is 23.1 Å². The Kier molecular flexibility index (Phi) is 9.92. The number of aromatic nitrogens is 7. The van der Waals surface area contributed by atoms with Gasteiger partial charge in [0.2, 0.25) is 11.8 Å². The van der Waals surface area contributed by atoms with Crippen LogP contribution in [0.4, 0.5) is 20.3 Å². The van der Waals surface area contributed by atoms with Crippen molar-refractivity contribution in [2.75, 3.05) is 49.5 Å². The number of benzene rings is 1. The summed E-state index contributed by atoms with van der Waals surface area (Å²) >= 11 is 0. The third-order valence-electron chi connectivity index (χ3n) is 14.2. The molecule has 4 aromatic heterocycles. The van der Waals surface area contributed by atoms with E-state index in [2.05, 4.69) is 47.4 Å². The number of rotatable bonds is 9. The lowest BCUT2D eigenvalue weighted by Crippen LogP contribution is -2.69. The molecule has 1 aliphatic carbocycles. The maximum absolute atomic E-state index is 14.3. The molecule has 1 aromatic carbocycles. The number of imide groups is 1. The number of morpholine rings is 1. The van der Waals surface area contributed by atoms with Crippen LogP contribution in [0.5, 0.6) is 0 Å². The first-order chi connectivity index (χ1) is 30.6. The molecule has 1 saturated carbocycles. The molecule has 7 fully saturated rings. The van der Waals surface area contributed by atoms with Crippen LogP contribution >= 0.6 is 0 Å². The van der Waals surface area contributed by atoms with Crippen molar-refractivity contribution in [2.24, 2.45) is 13.0 Å². The summed E-state index contributed by atoms with van der Waals surface area (Å²) in [5.41, 5.74) is 1.79. The van der Waals surface area contributed by atoms with Gasteiger partial charge in [-0.2, -0.15) is 10.2 Å². The van der Waals surface area contributed by atoms with Gasteiger partial charge >= 0.3 is 5.69 Å². The van der Waals surface area contributed by atoms with Crippen molar-refractivity contribution in [3.63, 3.8) is 0 Å². The molecule has 5 atom stereocenters. The molecule has 6 saturated heterocycles. The third-order valence-corrected chi connectivity index (χ3v) is 14.2. The highest BCUT2D eigenvalue weighted by Crippen LogP contribution is 2.39. The fraction of sp³-hybridized carbons (Fsp3) is 0.523. The number of hydrogen-bond donors (Lipinski definition) is 2. The summed E-state index contributed by atoms with van der Waals surface area (Å²) in [6.45, 7) is 4.84. The highest BCUT2D eigenvalue weighted by atomic mass is 19.3. The minimum absolute atomic E-state index is 0.00387. The van der Waals surface area contributed by atoms with Crippen LogP contribution < -0.4 is 21.2 Å². The molecule has 63 heavy (non-hydrogen) atoms. The van der Waals surface area contributed by atoms with Crippen LogP contribution in [0.15, 0.2) is 47.7 Å². The van der Waals surface area contributed by atoms with E-state index in [-0.39, 0.29) is 53.9 Å². The SMILES string of the molecule is Cn1c(=O)n(C2CCC(=O)NC2=O)c2cccc(C#CCN3CC4CC(C3)N4CC3CCC(n4cc(NC(=O)c5cnn6ccc(N7C[C@H]8C[C@@H]7CO8)nc56)c(C(F)F)n4)CC3)c21. The predicted octanol–water partition coefficient (Wildman–Crippen LogP) is 3.27. The van der Waals surface area contributed by atoms with Gasteiger partial charge in [-0.1, -0.05) is 17.9 Å². The Morgan fingerprint density at radius 1 is 1.02 bits per heavy atom. The standard InChI is InChI=1S/C44H48F2N12O5/c1-52-39-26(4-2-6-34(39)58(44(52)62)35-11-12-37(59)50-43(35)61)5-3-14-53-20-28-16-29(21-53)54(28)19-25-7-9-27(10-8-25)57-23-33(38(51-57)40(45)46)48-42(60)32-18-47-56-15-13-36(49-41(32)56)55-22-31-17-30(55)24-63-31/h2,4,6,13,15,18,23,25,27-31,35,40H,7-12,14,16-17,19-22,24H2,1H3,(H,48,60)(H,50,59,61)/t25?,27?,28?,29?,30-,31-,35?/m1/s1. The van der Waals surface area contributed by atoms with Crippen molar-refractivity contribution >= 4 is 45.9 Å². The number of aryl methyl sites for hydroxylation is 1. The number of piperazine rings is 1. The lowest BCUT2D eigenvalue weighted by atomic mass is 9.81. The van der Waals surface area contributed by atoms with Crippen LogP contribution in [0.3, 0.4) is 0 Å². The zero-order chi connectivity index (χ0) is 43.1. The zero-order valence-corrected chi connectivity index (χ0v) is 34.8. The van der Waals surface area contributed by atoms with Gasteiger partial charge in [0.1, 0.15) is 17.4 Å². The average Bonchev–Trinajstić information content (AvgIpc) is 4.13. The maximum atomic E-state index is 14.3. The van der Waals surface area contributed by atoms with Gasteiger partial charge in [0, 0.05) is 64.1 Å². The Hall–Kier alpha value is -5.97. The van der Waals surface area contributed by atoms with Crippen LogP contribution in [0.2, 0.25) is 0 Å². The van der Waals surface area contributed by atoms with E-state index in [1.807, 2.05) is 24.3 Å². The molecule has 17 nitrogen and oxygen atoms in total. The molecule has 10 heterocycles. The van der Waals surface area contributed by atoms with Gasteiger partial charge in [-0.3, -0.25) is 43.3 Å². The number of imidazole rings is 1. The van der Waals surface area contributed by atoms with Crippen molar-refractivity contribution in [1.29, 1.82) is 0 Å². The van der Waals surface area contributed by atoms with Crippen LogP contribution in [0, 0.1) is 17.8 Å². The molecule has 12 rings (SSSR count). The molecule has 6 aliphatic heterocycles. The van der Waals surface area contributed by atoms with Crippen LogP contribution in [-0.2, 0) is 21.4 Å². The lowest BCUT2D eigenvalue weighted by Gasteiger charge is -2.57. The number of alkyl halides is 2.